The molecule has 1 aromatic rings. The van der Waals surface area contributed by atoms with Crippen LogP contribution in [0.15, 0.2) is 41.4 Å². The number of halogens is 1. The fraction of sp³-hybridized carbons (Fsp3) is 0.333. The Bertz CT molecular complexity index is 497. The topological polar surface area (TPSA) is 79.5 Å². The van der Waals surface area contributed by atoms with Gasteiger partial charge in [0, 0.05) is 18.7 Å². The average Bonchev–Trinajstić information content (AvgIpc) is 2.43. The van der Waals surface area contributed by atoms with Crippen molar-refractivity contribution in [3.05, 3.63) is 47.5 Å². The summed E-state index contributed by atoms with van der Waals surface area (Å²) in [7, 11) is 0. The van der Waals surface area contributed by atoms with E-state index in [1.807, 2.05) is 26.0 Å². The van der Waals surface area contributed by atoms with E-state index >= 15 is 0 Å². The Kier molecular flexibility index (Phi) is 9.44. The molecule has 0 fully saturated rings. The van der Waals surface area contributed by atoms with Gasteiger partial charge in [0.25, 0.3) is 5.91 Å². The second kappa shape index (κ2) is 10.2. The molecular weight excluding hydrogens is 379 g/mol. The van der Waals surface area contributed by atoms with Gasteiger partial charge in [-0.25, -0.2) is 4.99 Å². The van der Waals surface area contributed by atoms with Crippen molar-refractivity contribution in [1.82, 2.24) is 10.6 Å². The molecule has 0 saturated heterocycles. The lowest BCUT2D eigenvalue weighted by atomic mass is 10.1. The van der Waals surface area contributed by atoms with E-state index < -0.39 is 0 Å². The number of rotatable bonds is 6. The van der Waals surface area contributed by atoms with Crippen molar-refractivity contribution in [2.45, 2.75) is 20.4 Å². The standard InChI is InChI=1S/C15H22N4O.HI/c1-4-17-14(20)13-7-5-12(6-8-13)10-19-15(16)18-9-11(2)3;/h5-8H,2,4,9-10H2,1,3H3,(H,17,20)(H3,16,18,19);1H. The van der Waals surface area contributed by atoms with Gasteiger partial charge in [-0.2, -0.15) is 0 Å². The first-order valence-corrected chi connectivity index (χ1v) is 6.58. The molecular formula is C15H23IN4O. The van der Waals surface area contributed by atoms with Crippen molar-refractivity contribution in [2.24, 2.45) is 10.7 Å². The molecule has 5 nitrogen and oxygen atoms in total. The number of carbonyl (C=O) groups excluding carboxylic acids is 1. The molecule has 1 aromatic carbocycles. The van der Waals surface area contributed by atoms with Gasteiger partial charge >= 0.3 is 0 Å². The van der Waals surface area contributed by atoms with E-state index in [0.717, 1.165) is 11.1 Å². The minimum absolute atomic E-state index is 0. The molecule has 0 unspecified atom stereocenters. The van der Waals surface area contributed by atoms with Crippen molar-refractivity contribution < 1.29 is 4.79 Å². The summed E-state index contributed by atoms with van der Waals surface area (Å²) in [5.41, 5.74) is 8.36. The largest absolute Gasteiger partial charge is 0.370 e. The zero-order valence-electron chi connectivity index (χ0n) is 12.5. The molecule has 21 heavy (non-hydrogen) atoms. The van der Waals surface area contributed by atoms with E-state index in [1.165, 1.54) is 0 Å². The normalized spacial score (nSPS) is 10.5. The highest BCUT2D eigenvalue weighted by molar-refractivity contribution is 14.0. The fourth-order valence-corrected chi connectivity index (χ4v) is 1.50. The molecule has 0 bridgehead atoms. The van der Waals surface area contributed by atoms with Gasteiger partial charge in [-0.15, -0.1) is 24.0 Å². The third kappa shape index (κ3) is 7.69. The number of carbonyl (C=O) groups is 1. The monoisotopic (exact) mass is 402 g/mol. The van der Waals surface area contributed by atoms with E-state index in [9.17, 15) is 4.79 Å². The van der Waals surface area contributed by atoms with E-state index in [4.69, 9.17) is 5.73 Å². The van der Waals surface area contributed by atoms with Crippen molar-refractivity contribution in [2.75, 3.05) is 13.1 Å². The predicted molar refractivity (Wildman–Crippen MR) is 98.0 cm³/mol. The van der Waals surface area contributed by atoms with Crippen molar-refractivity contribution >= 4 is 35.8 Å². The zero-order chi connectivity index (χ0) is 15.0. The molecule has 0 aliphatic carbocycles. The molecule has 116 valence electrons. The van der Waals surface area contributed by atoms with Crippen LogP contribution in [0.4, 0.5) is 0 Å². The molecule has 0 aromatic heterocycles. The van der Waals surface area contributed by atoms with Crippen LogP contribution in [0.5, 0.6) is 0 Å². The third-order valence-electron chi connectivity index (χ3n) is 2.56. The summed E-state index contributed by atoms with van der Waals surface area (Å²) >= 11 is 0. The first-order valence-electron chi connectivity index (χ1n) is 6.58. The summed E-state index contributed by atoms with van der Waals surface area (Å²) in [6.07, 6.45) is 0. The first-order chi connectivity index (χ1) is 9.52. The fourth-order valence-electron chi connectivity index (χ4n) is 1.50. The van der Waals surface area contributed by atoms with Gasteiger partial charge in [-0.05, 0) is 31.5 Å². The Hall–Kier alpha value is -1.57. The quantitative estimate of drug-likeness (QED) is 0.295. The van der Waals surface area contributed by atoms with Gasteiger partial charge in [0.2, 0.25) is 0 Å². The molecule has 1 amide bonds. The van der Waals surface area contributed by atoms with Gasteiger partial charge in [-0.1, -0.05) is 24.3 Å². The molecule has 0 heterocycles. The van der Waals surface area contributed by atoms with Crippen LogP contribution >= 0.6 is 24.0 Å². The molecule has 0 radical (unpaired) electrons. The summed E-state index contributed by atoms with van der Waals surface area (Å²) in [6, 6.07) is 7.32. The van der Waals surface area contributed by atoms with Gasteiger partial charge < -0.3 is 16.4 Å². The Balaban J connectivity index is 0.00000400. The van der Waals surface area contributed by atoms with Crippen LogP contribution in [0, 0.1) is 0 Å². The van der Waals surface area contributed by atoms with E-state index in [1.54, 1.807) is 12.1 Å². The number of nitrogens with two attached hydrogens (primary N) is 1. The summed E-state index contributed by atoms with van der Waals surface area (Å²) in [5.74, 6) is 0.325. The first kappa shape index (κ1) is 19.4. The van der Waals surface area contributed by atoms with Crippen LogP contribution in [0.1, 0.15) is 29.8 Å². The third-order valence-corrected chi connectivity index (χ3v) is 2.56. The second-order valence-corrected chi connectivity index (χ2v) is 4.57. The highest BCUT2D eigenvalue weighted by atomic mass is 127. The molecule has 0 aliphatic heterocycles. The average molecular weight is 402 g/mol. The van der Waals surface area contributed by atoms with Gasteiger partial charge in [0.05, 0.1) is 6.54 Å². The summed E-state index contributed by atoms with van der Waals surface area (Å²) in [5, 5.41) is 5.72. The summed E-state index contributed by atoms with van der Waals surface area (Å²) in [6.45, 7) is 9.30. The number of amides is 1. The van der Waals surface area contributed by atoms with E-state index in [-0.39, 0.29) is 29.9 Å². The molecule has 0 spiro atoms. The molecule has 0 atom stereocenters. The SMILES string of the molecule is C=C(C)CNC(N)=NCc1ccc(C(=O)NCC)cc1.I. The van der Waals surface area contributed by atoms with Crippen LogP contribution in [-0.2, 0) is 6.54 Å². The predicted octanol–water partition coefficient (Wildman–Crippen LogP) is 2.03. The number of hydrogen-bond acceptors (Lipinski definition) is 2. The van der Waals surface area contributed by atoms with Crippen molar-refractivity contribution in [3.8, 4) is 0 Å². The Morgan fingerprint density at radius 2 is 1.90 bits per heavy atom. The molecule has 1 rings (SSSR count). The number of hydrogen-bond donors (Lipinski definition) is 3. The van der Waals surface area contributed by atoms with Crippen LogP contribution < -0.4 is 16.4 Å². The smallest absolute Gasteiger partial charge is 0.251 e. The maximum absolute atomic E-state index is 11.6. The number of nitrogens with zero attached hydrogens (tertiary/aromatic N) is 1. The number of aliphatic imine (C=N–C) groups is 1. The number of benzene rings is 1. The highest BCUT2D eigenvalue weighted by Gasteiger charge is 2.03. The molecule has 6 heteroatoms. The summed E-state index contributed by atoms with van der Waals surface area (Å²) in [4.78, 5) is 15.8. The van der Waals surface area contributed by atoms with Gasteiger partial charge in [-0.3, -0.25) is 4.79 Å². The molecule has 4 N–H and O–H groups in total. The maximum Gasteiger partial charge on any atom is 0.251 e. The highest BCUT2D eigenvalue weighted by Crippen LogP contribution is 2.05. The van der Waals surface area contributed by atoms with Gasteiger partial charge in [0.15, 0.2) is 5.96 Å². The van der Waals surface area contributed by atoms with E-state index in [0.29, 0.717) is 31.2 Å². The van der Waals surface area contributed by atoms with Crippen LogP contribution in [-0.4, -0.2) is 25.0 Å². The van der Waals surface area contributed by atoms with Crippen LogP contribution in [0.3, 0.4) is 0 Å². The second-order valence-electron chi connectivity index (χ2n) is 4.57. The molecule has 0 saturated carbocycles. The Labute approximate surface area is 143 Å². The maximum atomic E-state index is 11.6. The minimum atomic E-state index is -0.0646. The van der Waals surface area contributed by atoms with Gasteiger partial charge in [0.1, 0.15) is 0 Å². The minimum Gasteiger partial charge on any atom is -0.370 e. The number of guanidine groups is 1. The lowest BCUT2D eigenvalue weighted by molar-refractivity contribution is 0.0956. The summed E-state index contributed by atoms with van der Waals surface area (Å²) < 4.78 is 0. The Morgan fingerprint density at radius 3 is 2.43 bits per heavy atom. The molecule has 0 aliphatic rings. The van der Waals surface area contributed by atoms with Crippen LogP contribution in [0.2, 0.25) is 0 Å². The van der Waals surface area contributed by atoms with E-state index in [2.05, 4.69) is 22.2 Å². The van der Waals surface area contributed by atoms with Crippen molar-refractivity contribution in [1.29, 1.82) is 0 Å². The Morgan fingerprint density at radius 1 is 1.29 bits per heavy atom. The zero-order valence-corrected chi connectivity index (χ0v) is 14.8. The lowest BCUT2D eigenvalue weighted by Crippen LogP contribution is -2.32. The van der Waals surface area contributed by atoms with Crippen LogP contribution in [0.25, 0.3) is 0 Å². The lowest BCUT2D eigenvalue weighted by Gasteiger charge is -2.05. The number of nitrogens with one attached hydrogen (secondary N) is 2. The van der Waals surface area contributed by atoms with Crippen molar-refractivity contribution in [3.63, 3.8) is 0 Å².